The molecule has 8 heteroatoms. The molecule has 0 bridgehead atoms. The summed E-state index contributed by atoms with van der Waals surface area (Å²) in [6.07, 6.45) is 2.99. The van der Waals surface area contributed by atoms with Gasteiger partial charge < -0.3 is 15.3 Å². The van der Waals surface area contributed by atoms with Gasteiger partial charge in [-0.15, -0.1) is 0 Å². The second-order valence-corrected chi connectivity index (χ2v) is 7.96. The van der Waals surface area contributed by atoms with Gasteiger partial charge in [-0.3, -0.25) is 4.79 Å². The summed E-state index contributed by atoms with van der Waals surface area (Å²) in [6, 6.07) is 12.2. The molecule has 0 spiro atoms. The summed E-state index contributed by atoms with van der Waals surface area (Å²) in [5.74, 6) is 0.0943. The van der Waals surface area contributed by atoms with E-state index < -0.39 is 5.54 Å². The summed E-state index contributed by atoms with van der Waals surface area (Å²) in [5.41, 5.74) is 1.82. The maximum absolute atomic E-state index is 12.5. The van der Waals surface area contributed by atoms with E-state index >= 15 is 0 Å². The highest BCUT2D eigenvalue weighted by Crippen LogP contribution is 2.30. The number of carbonyl (C=O) groups is 1. The molecule has 8 nitrogen and oxygen atoms in total. The molecule has 0 unspecified atom stereocenters. The minimum atomic E-state index is -0.393. The first kappa shape index (κ1) is 21.0. The first-order valence-electron chi connectivity index (χ1n) is 9.41. The van der Waals surface area contributed by atoms with E-state index in [0.717, 1.165) is 5.56 Å². The number of aromatic nitrogens is 3. The van der Waals surface area contributed by atoms with Crippen LogP contribution in [0.1, 0.15) is 29.8 Å². The molecular weight excluding hydrogens is 380 g/mol. The number of hydrogen-bond acceptors (Lipinski definition) is 6. The van der Waals surface area contributed by atoms with E-state index in [1.165, 1.54) is 17.1 Å². The Bertz CT molecular complexity index is 1080. The maximum Gasteiger partial charge on any atom is 0.253 e. The lowest BCUT2D eigenvalue weighted by Crippen LogP contribution is -2.50. The van der Waals surface area contributed by atoms with Crippen LogP contribution in [0.4, 0.5) is 0 Å². The van der Waals surface area contributed by atoms with E-state index in [4.69, 9.17) is 5.26 Å². The highest BCUT2D eigenvalue weighted by molar-refractivity contribution is 5.94. The minimum Gasteiger partial charge on any atom is -0.493 e. The number of amides is 1. The normalized spacial score (nSPS) is 11.3. The van der Waals surface area contributed by atoms with Crippen molar-refractivity contribution in [1.29, 1.82) is 5.26 Å². The van der Waals surface area contributed by atoms with E-state index in [1.54, 1.807) is 36.4 Å². The van der Waals surface area contributed by atoms with Gasteiger partial charge in [0.15, 0.2) is 5.82 Å². The molecule has 0 saturated heterocycles. The van der Waals surface area contributed by atoms with Gasteiger partial charge in [-0.2, -0.15) is 15.0 Å². The summed E-state index contributed by atoms with van der Waals surface area (Å²) in [7, 11) is 3.90. The van der Waals surface area contributed by atoms with Crippen LogP contribution in [-0.2, 0) is 0 Å². The molecule has 1 aromatic carbocycles. The van der Waals surface area contributed by atoms with Gasteiger partial charge in [0.1, 0.15) is 0 Å². The summed E-state index contributed by atoms with van der Waals surface area (Å²) in [6.45, 7) is 4.61. The summed E-state index contributed by atoms with van der Waals surface area (Å²) >= 11 is 0. The fraction of sp³-hybridized carbons (Fsp3) is 0.273. The largest absolute Gasteiger partial charge is 0.493 e. The van der Waals surface area contributed by atoms with Crippen molar-refractivity contribution in [3.63, 3.8) is 0 Å². The lowest BCUT2D eigenvalue weighted by Gasteiger charge is -2.29. The molecule has 0 aliphatic rings. The maximum atomic E-state index is 12.5. The van der Waals surface area contributed by atoms with Gasteiger partial charge in [-0.25, -0.2) is 4.98 Å². The van der Waals surface area contributed by atoms with Crippen molar-refractivity contribution < 1.29 is 9.90 Å². The van der Waals surface area contributed by atoms with Crippen LogP contribution in [-0.4, -0.2) is 56.9 Å². The molecular formula is C22H24N6O2. The van der Waals surface area contributed by atoms with Crippen LogP contribution < -0.4 is 5.32 Å². The molecule has 0 aliphatic carbocycles. The predicted octanol–water partition coefficient (Wildman–Crippen LogP) is 2.58. The third-order valence-corrected chi connectivity index (χ3v) is 4.46. The van der Waals surface area contributed by atoms with Gasteiger partial charge in [0, 0.05) is 18.3 Å². The van der Waals surface area contributed by atoms with Crippen LogP contribution in [0.25, 0.3) is 16.9 Å². The Balaban J connectivity index is 1.79. The van der Waals surface area contributed by atoms with Crippen molar-refractivity contribution in [3.05, 3.63) is 59.9 Å². The zero-order chi connectivity index (χ0) is 21.9. The van der Waals surface area contributed by atoms with Crippen LogP contribution >= 0.6 is 0 Å². The summed E-state index contributed by atoms with van der Waals surface area (Å²) in [4.78, 5) is 18.8. The SMILES string of the molecule is CN(C)CC(C)(C)NC(=O)c1ccc(-n2ncc(-c3ccc(C#N)cc3)c2O)nc1. The molecule has 0 fully saturated rings. The Morgan fingerprint density at radius 1 is 1.20 bits per heavy atom. The molecule has 0 radical (unpaired) electrons. The number of hydrogen-bond donors (Lipinski definition) is 2. The van der Waals surface area contributed by atoms with E-state index in [9.17, 15) is 9.90 Å². The highest BCUT2D eigenvalue weighted by atomic mass is 16.3. The number of aromatic hydroxyl groups is 1. The number of nitriles is 1. The average molecular weight is 404 g/mol. The number of pyridine rings is 1. The molecule has 0 atom stereocenters. The quantitative estimate of drug-likeness (QED) is 0.654. The minimum absolute atomic E-state index is 0.0727. The summed E-state index contributed by atoms with van der Waals surface area (Å²) < 4.78 is 1.30. The molecule has 0 saturated carbocycles. The number of benzene rings is 1. The van der Waals surface area contributed by atoms with Crippen LogP contribution in [0.3, 0.4) is 0 Å². The molecule has 3 rings (SSSR count). The molecule has 1 amide bonds. The van der Waals surface area contributed by atoms with Crippen LogP contribution in [0, 0.1) is 11.3 Å². The van der Waals surface area contributed by atoms with Crippen molar-refractivity contribution in [2.45, 2.75) is 19.4 Å². The van der Waals surface area contributed by atoms with Crippen LogP contribution in [0.2, 0.25) is 0 Å². The van der Waals surface area contributed by atoms with Gasteiger partial charge in [0.2, 0.25) is 5.88 Å². The Kier molecular flexibility index (Phi) is 5.85. The Morgan fingerprint density at radius 2 is 1.90 bits per heavy atom. The second-order valence-electron chi connectivity index (χ2n) is 7.96. The first-order valence-corrected chi connectivity index (χ1v) is 9.41. The van der Waals surface area contributed by atoms with Crippen molar-refractivity contribution in [3.8, 4) is 28.9 Å². The van der Waals surface area contributed by atoms with Gasteiger partial charge >= 0.3 is 0 Å². The first-order chi connectivity index (χ1) is 14.2. The Labute approximate surface area is 175 Å². The summed E-state index contributed by atoms with van der Waals surface area (Å²) in [5, 5.41) is 26.7. The van der Waals surface area contributed by atoms with Gasteiger partial charge in [0.25, 0.3) is 5.91 Å². The van der Waals surface area contributed by atoms with E-state index in [-0.39, 0.29) is 11.8 Å². The number of carbonyl (C=O) groups excluding carboxylic acids is 1. The lowest BCUT2D eigenvalue weighted by atomic mass is 10.0. The molecule has 154 valence electrons. The van der Waals surface area contributed by atoms with Crippen molar-refractivity contribution >= 4 is 5.91 Å². The van der Waals surface area contributed by atoms with E-state index in [2.05, 4.69) is 21.5 Å². The van der Waals surface area contributed by atoms with Crippen LogP contribution in [0.15, 0.2) is 48.8 Å². The molecule has 0 aliphatic heterocycles. The molecule has 2 N–H and O–H groups in total. The second kappa shape index (κ2) is 8.35. The number of rotatable bonds is 6. The Hall–Kier alpha value is -3.70. The fourth-order valence-electron chi connectivity index (χ4n) is 3.29. The number of likely N-dealkylation sites (N-methyl/N-ethyl adjacent to an activating group) is 1. The van der Waals surface area contributed by atoms with Crippen LogP contribution in [0.5, 0.6) is 5.88 Å². The van der Waals surface area contributed by atoms with Crippen molar-refractivity contribution in [2.24, 2.45) is 0 Å². The topological polar surface area (TPSA) is 107 Å². The van der Waals surface area contributed by atoms with E-state index in [1.807, 2.05) is 32.8 Å². The van der Waals surface area contributed by atoms with Crippen molar-refractivity contribution in [1.82, 2.24) is 25.0 Å². The predicted molar refractivity (Wildman–Crippen MR) is 113 cm³/mol. The zero-order valence-electron chi connectivity index (χ0n) is 17.4. The van der Waals surface area contributed by atoms with E-state index in [0.29, 0.717) is 29.1 Å². The zero-order valence-corrected chi connectivity index (χ0v) is 17.4. The molecule has 3 aromatic rings. The molecule has 30 heavy (non-hydrogen) atoms. The molecule has 2 heterocycles. The van der Waals surface area contributed by atoms with Gasteiger partial charge in [0.05, 0.1) is 29.0 Å². The third-order valence-electron chi connectivity index (χ3n) is 4.46. The lowest BCUT2D eigenvalue weighted by molar-refractivity contribution is 0.0899. The number of nitrogens with zero attached hydrogens (tertiary/aromatic N) is 5. The number of nitrogens with one attached hydrogen (secondary N) is 1. The standard InChI is InChI=1S/C22H24N6O2/c1-22(2,14-27(3)4)26-20(29)17-9-10-19(24-12-17)28-21(30)18(13-25-28)16-7-5-15(11-23)6-8-16/h5-10,12-13,30H,14H2,1-4H3,(H,26,29). The van der Waals surface area contributed by atoms with Gasteiger partial charge in [-0.1, -0.05) is 12.1 Å². The van der Waals surface area contributed by atoms with Gasteiger partial charge in [-0.05, 0) is 57.8 Å². The van der Waals surface area contributed by atoms with Crippen molar-refractivity contribution in [2.75, 3.05) is 20.6 Å². The third kappa shape index (κ3) is 4.64. The average Bonchev–Trinajstić information content (AvgIpc) is 3.08. The Morgan fingerprint density at radius 3 is 2.47 bits per heavy atom. The fourth-order valence-corrected chi connectivity index (χ4v) is 3.29. The molecule has 2 aromatic heterocycles. The smallest absolute Gasteiger partial charge is 0.253 e. The highest BCUT2D eigenvalue weighted by Gasteiger charge is 2.22. The monoisotopic (exact) mass is 404 g/mol.